The van der Waals surface area contributed by atoms with E-state index in [1.807, 2.05) is 24.3 Å². The van der Waals surface area contributed by atoms with Gasteiger partial charge in [-0.15, -0.1) is 11.3 Å². The lowest BCUT2D eigenvalue weighted by molar-refractivity contribution is -0.122. The lowest BCUT2D eigenvalue weighted by atomic mass is 9.96. The fourth-order valence-corrected chi connectivity index (χ4v) is 5.97. The van der Waals surface area contributed by atoms with E-state index in [0.717, 1.165) is 10.4 Å². The summed E-state index contributed by atoms with van der Waals surface area (Å²) < 4.78 is 0.754. The van der Waals surface area contributed by atoms with E-state index in [0.29, 0.717) is 56.9 Å². The van der Waals surface area contributed by atoms with Crippen LogP contribution in [0.25, 0.3) is 10.1 Å². The van der Waals surface area contributed by atoms with Crippen LogP contribution in [0.1, 0.15) is 22.5 Å². The monoisotopic (exact) mass is 481 g/mol. The third kappa shape index (κ3) is 4.10. The molecule has 2 aromatic carbocycles. The van der Waals surface area contributed by atoms with Gasteiger partial charge in [-0.25, -0.2) is 0 Å². The molecule has 5 nitrogen and oxygen atoms in total. The molecule has 1 aliphatic heterocycles. The second-order valence-corrected chi connectivity index (χ2v) is 9.41. The first-order valence-electron chi connectivity index (χ1n) is 9.37. The van der Waals surface area contributed by atoms with Gasteiger partial charge in [0.15, 0.2) is 0 Å². The van der Waals surface area contributed by atoms with Crippen LogP contribution in [-0.2, 0) is 4.79 Å². The summed E-state index contributed by atoms with van der Waals surface area (Å²) in [6, 6.07) is 10.9. The minimum atomic E-state index is -0.312. The average molecular weight is 483 g/mol. The summed E-state index contributed by atoms with van der Waals surface area (Å²) in [5, 5.41) is 4.81. The number of anilines is 2. The fourth-order valence-electron chi connectivity index (χ4n) is 3.70. The third-order valence-corrected chi connectivity index (χ3v) is 7.39. The summed E-state index contributed by atoms with van der Waals surface area (Å²) >= 11 is 20.1. The van der Waals surface area contributed by atoms with Gasteiger partial charge in [0.25, 0.3) is 5.91 Å². The van der Waals surface area contributed by atoms with E-state index in [-0.39, 0.29) is 17.7 Å². The van der Waals surface area contributed by atoms with Gasteiger partial charge >= 0.3 is 0 Å². The van der Waals surface area contributed by atoms with Crippen molar-refractivity contribution in [3.05, 3.63) is 56.3 Å². The number of hydrogen-bond donors (Lipinski definition) is 2. The Hall–Kier alpha value is -1.99. The second kappa shape index (κ2) is 8.63. The van der Waals surface area contributed by atoms with Crippen LogP contribution in [0.15, 0.2) is 36.4 Å². The van der Waals surface area contributed by atoms with E-state index in [4.69, 9.17) is 40.5 Å². The molecule has 0 aliphatic carbocycles. The number of primary amides is 1. The highest BCUT2D eigenvalue weighted by molar-refractivity contribution is 7.21. The van der Waals surface area contributed by atoms with Crippen LogP contribution in [0.5, 0.6) is 0 Å². The molecule has 3 N–H and O–H groups in total. The van der Waals surface area contributed by atoms with Crippen molar-refractivity contribution in [3.8, 4) is 0 Å². The Morgan fingerprint density at radius 3 is 2.50 bits per heavy atom. The molecule has 1 saturated heterocycles. The number of hydrogen-bond acceptors (Lipinski definition) is 4. The number of carbonyl (C=O) groups excluding carboxylic acids is 2. The van der Waals surface area contributed by atoms with Crippen LogP contribution in [-0.4, -0.2) is 24.9 Å². The van der Waals surface area contributed by atoms with Crippen molar-refractivity contribution < 1.29 is 9.59 Å². The van der Waals surface area contributed by atoms with Crippen molar-refractivity contribution >= 4 is 79.4 Å². The highest BCUT2D eigenvalue weighted by atomic mass is 35.5. The second-order valence-electron chi connectivity index (χ2n) is 7.14. The Morgan fingerprint density at radius 2 is 1.80 bits per heavy atom. The molecule has 1 aliphatic rings. The summed E-state index contributed by atoms with van der Waals surface area (Å²) in [6.45, 7) is 1.39. The van der Waals surface area contributed by atoms with E-state index in [1.54, 1.807) is 12.1 Å². The molecule has 30 heavy (non-hydrogen) atoms. The third-order valence-electron chi connectivity index (χ3n) is 5.25. The number of fused-ring (bicyclic) bond motifs is 1. The first kappa shape index (κ1) is 21.2. The number of rotatable bonds is 4. The van der Waals surface area contributed by atoms with Crippen LogP contribution in [0, 0.1) is 5.92 Å². The Labute approximate surface area is 192 Å². The summed E-state index contributed by atoms with van der Waals surface area (Å²) in [7, 11) is 0. The number of piperidine rings is 1. The molecule has 0 unspecified atom stereocenters. The van der Waals surface area contributed by atoms with Gasteiger partial charge in [-0.05, 0) is 37.1 Å². The minimum Gasteiger partial charge on any atom is -0.370 e. The molecule has 3 aromatic rings. The topological polar surface area (TPSA) is 75.4 Å². The Balaban J connectivity index is 1.59. The Morgan fingerprint density at radius 1 is 1.10 bits per heavy atom. The smallest absolute Gasteiger partial charge is 0.267 e. The predicted octanol–water partition coefficient (Wildman–Crippen LogP) is 5.82. The number of para-hydroxylation sites is 2. The summed E-state index contributed by atoms with van der Waals surface area (Å²) in [5.74, 6) is -0.667. The van der Waals surface area contributed by atoms with Crippen molar-refractivity contribution in [2.75, 3.05) is 23.3 Å². The lowest BCUT2D eigenvalue weighted by Gasteiger charge is -2.33. The van der Waals surface area contributed by atoms with Gasteiger partial charge in [-0.3, -0.25) is 9.59 Å². The van der Waals surface area contributed by atoms with Crippen LogP contribution >= 0.6 is 46.1 Å². The molecule has 1 aromatic heterocycles. The van der Waals surface area contributed by atoms with E-state index in [1.165, 1.54) is 11.3 Å². The van der Waals surface area contributed by atoms with Gasteiger partial charge in [0.2, 0.25) is 5.91 Å². The van der Waals surface area contributed by atoms with Crippen LogP contribution in [0.4, 0.5) is 11.4 Å². The van der Waals surface area contributed by atoms with Crippen LogP contribution in [0.3, 0.4) is 0 Å². The zero-order chi connectivity index (χ0) is 21.4. The highest BCUT2D eigenvalue weighted by Crippen LogP contribution is 2.41. The minimum absolute atomic E-state index is 0.100. The molecular weight excluding hydrogens is 465 g/mol. The number of amides is 2. The lowest BCUT2D eigenvalue weighted by Crippen LogP contribution is -2.38. The standard InChI is InChI=1S/C21H18Cl3N3O2S/c22-12-9-13(23)17-16(10-12)30-19(18(17)24)21(29)26-14-3-1-2-4-15(14)27-7-5-11(6-8-27)20(25)28/h1-4,9-11H,5-8H2,(H2,25,28)(H,26,29). The molecule has 2 amide bonds. The molecule has 0 bridgehead atoms. The van der Waals surface area contributed by atoms with Crippen molar-refractivity contribution in [1.29, 1.82) is 0 Å². The number of nitrogens with two attached hydrogens (primary N) is 1. The van der Waals surface area contributed by atoms with Crippen molar-refractivity contribution in [3.63, 3.8) is 0 Å². The van der Waals surface area contributed by atoms with Gasteiger partial charge in [0, 0.05) is 34.1 Å². The molecule has 0 saturated carbocycles. The summed E-state index contributed by atoms with van der Waals surface area (Å²) in [5.41, 5.74) is 7.01. The predicted molar refractivity (Wildman–Crippen MR) is 125 cm³/mol. The van der Waals surface area contributed by atoms with E-state index >= 15 is 0 Å². The Kier molecular flexibility index (Phi) is 6.11. The summed E-state index contributed by atoms with van der Waals surface area (Å²) in [6.07, 6.45) is 1.39. The average Bonchev–Trinajstić information content (AvgIpc) is 3.05. The summed E-state index contributed by atoms with van der Waals surface area (Å²) in [4.78, 5) is 27.0. The Bertz CT molecular complexity index is 1140. The maximum absolute atomic E-state index is 13.0. The number of halogens is 3. The molecule has 9 heteroatoms. The number of nitrogens with one attached hydrogen (secondary N) is 1. The van der Waals surface area contributed by atoms with Gasteiger partial charge in [-0.1, -0.05) is 46.9 Å². The maximum Gasteiger partial charge on any atom is 0.267 e. The first-order valence-corrected chi connectivity index (χ1v) is 11.3. The zero-order valence-electron chi connectivity index (χ0n) is 15.8. The largest absolute Gasteiger partial charge is 0.370 e. The molecular formula is C21H18Cl3N3O2S. The van der Waals surface area contributed by atoms with Crippen molar-refractivity contribution in [1.82, 2.24) is 0 Å². The molecule has 0 radical (unpaired) electrons. The molecule has 156 valence electrons. The van der Waals surface area contributed by atoms with Gasteiger partial charge in [0.05, 0.1) is 21.4 Å². The normalized spacial score (nSPS) is 14.8. The molecule has 4 rings (SSSR count). The van der Waals surface area contributed by atoms with Gasteiger partial charge < -0.3 is 16.0 Å². The number of carbonyl (C=O) groups is 2. The molecule has 1 fully saturated rings. The maximum atomic E-state index is 13.0. The number of thiophene rings is 1. The first-order chi connectivity index (χ1) is 14.3. The van der Waals surface area contributed by atoms with Crippen molar-refractivity contribution in [2.45, 2.75) is 12.8 Å². The quantitative estimate of drug-likeness (QED) is 0.492. The number of benzene rings is 2. The van der Waals surface area contributed by atoms with E-state index in [2.05, 4.69) is 10.2 Å². The highest BCUT2D eigenvalue weighted by Gasteiger charge is 2.25. The van der Waals surface area contributed by atoms with Crippen LogP contribution in [0.2, 0.25) is 15.1 Å². The van der Waals surface area contributed by atoms with Crippen molar-refractivity contribution in [2.24, 2.45) is 11.7 Å². The fraction of sp³-hybridized carbons (Fsp3) is 0.238. The van der Waals surface area contributed by atoms with E-state index in [9.17, 15) is 9.59 Å². The molecule has 2 heterocycles. The zero-order valence-corrected chi connectivity index (χ0v) is 18.8. The van der Waals surface area contributed by atoms with Gasteiger partial charge in [-0.2, -0.15) is 0 Å². The number of nitrogens with zero attached hydrogens (tertiary/aromatic N) is 1. The molecule has 0 spiro atoms. The SMILES string of the molecule is NC(=O)C1CCN(c2ccccc2NC(=O)c2sc3cc(Cl)cc(Cl)c3c2Cl)CC1. The van der Waals surface area contributed by atoms with Crippen LogP contribution < -0.4 is 16.0 Å². The van der Waals surface area contributed by atoms with Gasteiger partial charge in [0.1, 0.15) is 4.88 Å². The molecule has 0 atom stereocenters. The van der Waals surface area contributed by atoms with E-state index < -0.39 is 0 Å².